The Kier molecular flexibility index (Phi) is 5.33. The number of likely N-dealkylation sites (tertiary alicyclic amines) is 1. The maximum atomic E-state index is 12.2. The third-order valence-corrected chi connectivity index (χ3v) is 3.97. The summed E-state index contributed by atoms with van der Waals surface area (Å²) in [4.78, 5) is 25.5. The van der Waals surface area contributed by atoms with Crippen molar-refractivity contribution in [2.24, 2.45) is 5.73 Å². The lowest BCUT2D eigenvalue weighted by Crippen LogP contribution is -2.51. The predicted octanol–water partition coefficient (Wildman–Crippen LogP) is 1.20. The van der Waals surface area contributed by atoms with Gasteiger partial charge in [-0.25, -0.2) is 0 Å². The number of amides is 2. The largest absolute Gasteiger partial charge is 0.368 e. The second-order valence-corrected chi connectivity index (χ2v) is 5.58. The van der Waals surface area contributed by atoms with Gasteiger partial charge in [0.25, 0.3) is 0 Å². The van der Waals surface area contributed by atoms with E-state index in [0.29, 0.717) is 0 Å². The molecule has 21 heavy (non-hydrogen) atoms. The van der Waals surface area contributed by atoms with Crippen molar-refractivity contribution in [1.29, 1.82) is 0 Å². The highest BCUT2D eigenvalue weighted by molar-refractivity contribution is 5.82. The molecular formula is C16H23N3O2. The second-order valence-electron chi connectivity index (χ2n) is 5.58. The van der Waals surface area contributed by atoms with Gasteiger partial charge in [-0.2, -0.15) is 0 Å². The molecule has 3 N–H and O–H groups in total. The number of primary amides is 1. The fraction of sp³-hybridized carbons (Fsp3) is 0.500. The molecule has 1 aliphatic rings. The number of nitrogens with one attached hydrogen (secondary N) is 1. The van der Waals surface area contributed by atoms with E-state index in [4.69, 9.17) is 5.73 Å². The summed E-state index contributed by atoms with van der Waals surface area (Å²) in [6, 6.07) is 9.46. The van der Waals surface area contributed by atoms with Crippen LogP contribution in [-0.2, 0) is 9.59 Å². The maximum absolute atomic E-state index is 12.2. The minimum atomic E-state index is -0.335. The summed E-state index contributed by atoms with van der Waals surface area (Å²) in [5, 5.41) is 2.97. The van der Waals surface area contributed by atoms with Crippen LogP contribution in [0.1, 0.15) is 37.8 Å². The zero-order chi connectivity index (χ0) is 15.2. The molecule has 1 aliphatic heterocycles. The number of nitrogens with zero attached hydrogens (tertiary/aromatic N) is 1. The summed E-state index contributed by atoms with van der Waals surface area (Å²) in [7, 11) is 0. The molecule has 2 amide bonds. The van der Waals surface area contributed by atoms with E-state index in [1.165, 1.54) is 0 Å². The maximum Gasteiger partial charge on any atom is 0.234 e. The van der Waals surface area contributed by atoms with Crippen LogP contribution >= 0.6 is 0 Å². The van der Waals surface area contributed by atoms with Gasteiger partial charge in [-0.05, 0) is 31.9 Å². The number of carbonyl (C=O) groups is 2. The van der Waals surface area contributed by atoms with Crippen LogP contribution in [0.3, 0.4) is 0 Å². The third-order valence-electron chi connectivity index (χ3n) is 3.97. The van der Waals surface area contributed by atoms with E-state index in [2.05, 4.69) is 5.32 Å². The molecule has 1 aromatic carbocycles. The van der Waals surface area contributed by atoms with Crippen LogP contribution < -0.4 is 11.1 Å². The van der Waals surface area contributed by atoms with E-state index in [-0.39, 0.29) is 30.4 Å². The first-order chi connectivity index (χ1) is 10.1. The van der Waals surface area contributed by atoms with Gasteiger partial charge >= 0.3 is 0 Å². The molecule has 0 aliphatic carbocycles. The van der Waals surface area contributed by atoms with Crippen molar-refractivity contribution in [3.05, 3.63) is 35.9 Å². The Morgan fingerprint density at radius 2 is 2.05 bits per heavy atom. The molecule has 1 fully saturated rings. The highest BCUT2D eigenvalue weighted by atomic mass is 16.2. The van der Waals surface area contributed by atoms with Gasteiger partial charge in [0, 0.05) is 0 Å². The fourth-order valence-corrected chi connectivity index (χ4v) is 2.80. The van der Waals surface area contributed by atoms with Crippen LogP contribution in [-0.4, -0.2) is 35.8 Å². The van der Waals surface area contributed by atoms with Crippen molar-refractivity contribution in [2.75, 3.05) is 13.1 Å². The molecule has 0 unspecified atom stereocenters. The van der Waals surface area contributed by atoms with E-state index in [0.717, 1.165) is 31.4 Å². The Hall–Kier alpha value is -1.88. The van der Waals surface area contributed by atoms with Gasteiger partial charge in [0.2, 0.25) is 11.8 Å². The molecule has 0 aromatic heterocycles. The molecule has 0 bridgehead atoms. The standard InChI is InChI=1S/C16H23N3O2/c1-12(13-7-3-2-4-8-13)18-15(20)11-19-10-6-5-9-14(19)16(17)21/h2-4,7-8,12,14H,5-6,9-11H2,1H3,(H2,17,21)(H,18,20)/t12-,14-/m1/s1. The van der Waals surface area contributed by atoms with Crippen LogP contribution in [0.4, 0.5) is 0 Å². The van der Waals surface area contributed by atoms with Crippen molar-refractivity contribution >= 4 is 11.8 Å². The molecule has 5 nitrogen and oxygen atoms in total. The van der Waals surface area contributed by atoms with Gasteiger partial charge in [0.1, 0.15) is 0 Å². The Balaban J connectivity index is 1.90. The highest BCUT2D eigenvalue weighted by Gasteiger charge is 2.28. The van der Waals surface area contributed by atoms with Crippen LogP contribution in [0, 0.1) is 0 Å². The smallest absolute Gasteiger partial charge is 0.234 e. The van der Waals surface area contributed by atoms with E-state index in [9.17, 15) is 9.59 Å². The summed E-state index contributed by atoms with van der Waals surface area (Å²) in [5.74, 6) is -0.405. The number of nitrogens with two attached hydrogens (primary N) is 1. The first-order valence-corrected chi connectivity index (χ1v) is 7.45. The van der Waals surface area contributed by atoms with Gasteiger partial charge in [0.05, 0.1) is 18.6 Å². The summed E-state index contributed by atoms with van der Waals surface area (Å²) >= 11 is 0. The summed E-state index contributed by atoms with van der Waals surface area (Å²) in [6.45, 7) is 2.93. The minimum Gasteiger partial charge on any atom is -0.368 e. The van der Waals surface area contributed by atoms with Gasteiger partial charge in [-0.15, -0.1) is 0 Å². The van der Waals surface area contributed by atoms with E-state index < -0.39 is 0 Å². The molecule has 114 valence electrons. The molecule has 2 atom stereocenters. The van der Waals surface area contributed by atoms with Gasteiger partial charge in [-0.1, -0.05) is 36.8 Å². The second kappa shape index (κ2) is 7.22. The Labute approximate surface area is 125 Å². The van der Waals surface area contributed by atoms with Crippen molar-refractivity contribution in [3.63, 3.8) is 0 Å². The first-order valence-electron chi connectivity index (χ1n) is 7.45. The molecule has 0 saturated carbocycles. The Morgan fingerprint density at radius 3 is 2.71 bits per heavy atom. The van der Waals surface area contributed by atoms with Crippen LogP contribution in [0.5, 0.6) is 0 Å². The number of benzene rings is 1. The van der Waals surface area contributed by atoms with Crippen molar-refractivity contribution in [2.45, 2.75) is 38.3 Å². The monoisotopic (exact) mass is 289 g/mol. The van der Waals surface area contributed by atoms with Crippen LogP contribution in [0.2, 0.25) is 0 Å². The van der Waals surface area contributed by atoms with Crippen molar-refractivity contribution in [3.8, 4) is 0 Å². The summed E-state index contributed by atoms with van der Waals surface area (Å²) < 4.78 is 0. The van der Waals surface area contributed by atoms with E-state index >= 15 is 0 Å². The number of carbonyl (C=O) groups excluding carboxylic acids is 2. The lowest BCUT2D eigenvalue weighted by Gasteiger charge is -2.33. The molecule has 1 saturated heterocycles. The third kappa shape index (κ3) is 4.29. The van der Waals surface area contributed by atoms with Crippen molar-refractivity contribution in [1.82, 2.24) is 10.2 Å². The van der Waals surface area contributed by atoms with Gasteiger partial charge in [0.15, 0.2) is 0 Å². The predicted molar refractivity (Wildman–Crippen MR) is 81.4 cm³/mol. The fourth-order valence-electron chi connectivity index (χ4n) is 2.80. The molecule has 5 heteroatoms. The first kappa shape index (κ1) is 15.5. The zero-order valence-electron chi connectivity index (χ0n) is 12.4. The number of piperidine rings is 1. The number of hydrogen-bond acceptors (Lipinski definition) is 3. The Bertz CT molecular complexity index is 490. The normalized spacial score (nSPS) is 20.7. The SMILES string of the molecule is C[C@@H](NC(=O)CN1CCCC[C@@H]1C(N)=O)c1ccccc1. The number of rotatable bonds is 5. The van der Waals surface area contributed by atoms with Crippen LogP contribution in [0.25, 0.3) is 0 Å². The molecule has 1 heterocycles. The van der Waals surface area contributed by atoms with Gasteiger partial charge < -0.3 is 11.1 Å². The lowest BCUT2D eigenvalue weighted by molar-refractivity contribution is -0.128. The van der Waals surface area contributed by atoms with Crippen molar-refractivity contribution < 1.29 is 9.59 Å². The summed E-state index contributed by atoms with van der Waals surface area (Å²) in [6.07, 6.45) is 2.74. The lowest BCUT2D eigenvalue weighted by atomic mass is 10.0. The average molecular weight is 289 g/mol. The molecular weight excluding hydrogens is 266 g/mol. The minimum absolute atomic E-state index is 0.0458. The molecule has 0 spiro atoms. The summed E-state index contributed by atoms with van der Waals surface area (Å²) in [5.41, 5.74) is 6.48. The highest BCUT2D eigenvalue weighted by Crippen LogP contribution is 2.17. The quantitative estimate of drug-likeness (QED) is 0.855. The topological polar surface area (TPSA) is 75.4 Å². The number of hydrogen-bond donors (Lipinski definition) is 2. The zero-order valence-corrected chi connectivity index (χ0v) is 12.4. The molecule has 2 rings (SSSR count). The molecule has 0 radical (unpaired) electrons. The van der Waals surface area contributed by atoms with Gasteiger partial charge in [-0.3, -0.25) is 14.5 Å². The molecule has 1 aromatic rings. The van der Waals surface area contributed by atoms with E-state index in [1.807, 2.05) is 42.2 Å². The van der Waals surface area contributed by atoms with Crippen LogP contribution in [0.15, 0.2) is 30.3 Å². The average Bonchev–Trinajstić information content (AvgIpc) is 2.48. The Morgan fingerprint density at radius 1 is 1.33 bits per heavy atom. The van der Waals surface area contributed by atoms with E-state index in [1.54, 1.807) is 0 Å².